The first kappa shape index (κ1) is 17.8. The zero-order chi connectivity index (χ0) is 18.4. The van der Waals surface area contributed by atoms with Gasteiger partial charge in [-0.15, -0.1) is 0 Å². The highest BCUT2D eigenvalue weighted by molar-refractivity contribution is 5.92. The van der Waals surface area contributed by atoms with Crippen LogP contribution in [0, 0.1) is 0 Å². The van der Waals surface area contributed by atoms with Crippen LogP contribution in [0.2, 0.25) is 0 Å². The van der Waals surface area contributed by atoms with Crippen LogP contribution in [0.25, 0.3) is 0 Å². The number of nitrogens with zero attached hydrogens (tertiary/aromatic N) is 3. The van der Waals surface area contributed by atoms with E-state index in [2.05, 4.69) is 25.5 Å². The van der Waals surface area contributed by atoms with Crippen LogP contribution in [0.4, 0.5) is 17.3 Å². The maximum Gasteiger partial charge on any atom is 0.279 e. The second-order valence-corrected chi connectivity index (χ2v) is 6.27. The maximum atomic E-state index is 12.3. The third-order valence-electron chi connectivity index (χ3n) is 4.21. The molecule has 3 rings (SSSR count). The van der Waals surface area contributed by atoms with Crippen LogP contribution in [0.1, 0.15) is 6.92 Å². The molecule has 1 fully saturated rings. The van der Waals surface area contributed by atoms with Crippen molar-refractivity contribution in [2.45, 2.75) is 6.92 Å². The van der Waals surface area contributed by atoms with E-state index in [9.17, 15) is 9.59 Å². The lowest BCUT2D eigenvalue weighted by atomic mass is 10.2. The van der Waals surface area contributed by atoms with Crippen molar-refractivity contribution < 1.29 is 14.5 Å². The molecule has 0 saturated carbocycles. The zero-order valence-electron chi connectivity index (χ0n) is 14.7. The minimum Gasteiger partial charge on any atom is -0.330 e. The van der Waals surface area contributed by atoms with Crippen LogP contribution in [0.5, 0.6) is 0 Å². The van der Waals surface area contributed by atoms with Gasteiger partial charge in [0, 0.05) is 30.7 Å². The fraction of sp³-hybridized carbons (Fsp3) is 0.333. The number of nitrogens with one attached hydrogen (secondary N) is 3. The van der Waals surface area contributed by atoms with Crippen molar-refractivity contribution in [2.24, 2.45) is 0 Å². The van der Waals surface area contributed by atoms with Crippen LogP contribution in [-0.4, -0.2) is 54.5 Å². The molecule has 0 bridgehead atoms. The van der Waals surface area contributed by atoms with Crippen molar-refractivity contribution >= 4 is 29.1 Å². The molecule has 3 N–H and O–H groups in total. The highest BCUT2D eigenvalue weighted by atomic mass is 16.2. The molecule has 8 nitrogen and oxygen atoms in total. The van der Waals surface area contributed by atoms with E-state index in [-0.39, 0.29) is 11.8 Å². The Morgan fingerprint density at radius 3 is 2.19 bits per heavy atom. The van der Waals surface area contributed by atoms with Gasteiger partial charge >= 0.3 is 0 Å². The Kier molecular flexibility index (Phi) is 5.75. The minimum absolute atomic E-state index is 0.0170. The number of piperazine rings is 1. The van der Waals surface area contributed by atoms with Crippen LogP contribution in [-0.2, 0) is 9.59 Å². The molecule has 2 aromatic rings. The van der Waals surface area contributed by atoms with Crippen molar-refractivity contribution in [1.29, 1.82) is 0 Å². The van der Waals surface area contributed by atoms with Crippen LogP contribution in [0.3, 0.4) is 0 Å². The van der Waals surface area contributed by atoms with Crippen LogP contribution in [0.15, 0.2) is 42.7 Å². The molecule has 1 aliphatic heterocycles. The summed E-state index contributed by atoms with van der Waals surface area (Å²) in [7, 11) is 0. The Labute approximate surface area is 152 Å². The summed E-state index contributed by atoms with van der Waals surface area (Å²) in [4.78, 5) is 35.2. The summed E-state index contributed by atoms with van der Waals surface area (Å²) in [5.41, 5.74) is 1.43. The van der Waals surface area contributed by atoms with Crippen molar-refractivity contribution in [3.63, 3.8) is 0 Å². The van der Waals surface area contributed by atoms with Gasteiger partial charge in [-0.05, 0) is 30.3 Å². The van der Waals surface area contributed by atoms with Crippen molar-refractivity contribution in [1.82, 2.24) is 9.97 Å². The van der Waals surface area contributed by atoms with Gasteiger partial charge in [-0.25, -0.2) is 9.97 Å². The standard InChI is InChI=1S/C18H22N6O2/c1-14(25)21-15-3-5-16(6-4-15)22-17(26)13-23-9-11-24(12-10-23)18-19-7-2-8-20-18/h2-8H,9-13H2,1H3,(H,21,25)(H,22,26)/p+1. The maximum absolute atomic E-state index is 12.3. The van der Waals surface area contributed by atoms with Gasteiger partial charge in [-0.3, -0.25) is 9.59 Å². The fourth-order valence-electron chi connectivity index (χ4n) is 2.93. The minimum atomic E-state index is -0.120. The van der Waals surface area contributed by atoms with Gasteiger partial charge in [0.1, 0.15) is 0 Å². The average molecular weight is 355 g/mol. The molecule has 1 saturated heterocycles. The van der Waals surface area contributed by atoms with Gasteiger partial charge in [0.2, 0.25) is 11.9 Å². The van der Waals surface area contributed by atoms with E-state index < -0.39 is 0 Å². The van der Waals surface area contributed by atoms with Crippen molar-refractivity contribution in [2.75, 3.05) is 48.3 Å². The smallest absolute Gasteiger partial charge is 0.279 e. The van der Waals surface area contributed by atoms with Gasteiger partial charge in [0.15, 0.2) is 6.54 Å². The van der Waals surface area contributed by atoms with Gasteiger partial charge in [-0.1, -0.05) is 0 Å². The number of rotatable bonds is 5. The monoisotopic (exact) mass is 355 g/mol. The second kappa shape index (κ2) is 8.39. The average Bonchev–Trinajstić information content (AvgIpc) is 2.64. The summed E-state index contributed by atoms with van der Waals surface area (Å²) in [6.07, 6.45) is 3.48. The highest BCUT2D eigenvalue weighted by Crippen LogP contribution is 2.13. The predicted molar refractivity (Wildman–Crippen MR) is 99.2 cm³/mol. The molecule has 0 unspecified atom stereocenters. The first-order valence-electron chi connectivity index (χ1n) is 8.63. The van der Waals surface area contributed by atoms with Crippen LogP contribution < -0.4 is 20.4 Å². The normalized spacial score (nSPS) is 14.7. The van der Waals surface area contributed by atoms with E-state index in [4.69, 9.17) is 0 Å². The summed E-state index contributed by atoms with van der Waals surface area (Å²) < 4.78 is 0. The van der Waals surface area contributed by atoms with Gasteiger partial charge < -0.3 is 20.4 Å². The number of quaternary nitrogens is 1. The summed E-state index contributed by atoms with van der Waals surface area (Å²) in [6, 6.07) is 8.90. The second-order valence-electron chi connectivity index (χ2n) is 6.27. The number of amides is 2. The summed E-state index contributed by atoms with van der Waals surface area (Å²) >= 11 is 0. The Bertz CT molecular complexity index is 742. The highest BCUT2D eigenvalue weighted by Gasteiger charge is 2.23. The number of aromatic nitrogens is 2. The molecule has 1 aromatic heterocycles. The van der Waals surface area contributed by atoms with E-state index >= 15 is 0 Å². The van der Waals surface area contributed by atoms with Crippen molar-refractivity contribution in [3.8, 4) is 0 Å². The largest absolute Gasteiger partial charge is 0.330 e. The number of benzene rings is 1. The Morgan fingerprint density at radius 1 is 1.04 bits per heavy atom. The first-order chi connectivity index (χ1) is 12.6. The molecular weight excluding hydrogens is 332 g/mol. The number of carbonyl (C=O) groups excluding carboxylic acids is 2. The molecule has 0 atom stereocenters. The first-order valence-corrected chi connectivity index (χ1v) is 8.63. The third-order valence-corrected chi connectivity index (χ3v) is 4.21. The van der Waals surface area contributed by atoms with Crippen LogP contribution >= 0.6 is 0 Å². The molecule has 8 heteroatoms. The van der Waals surface area contributed by atoms with Gasteiger partial charge in [0.05, 0.1) is 26.2 Å². The molecule has 0 spiro atoms. The van der Waals surface area contributed by atoms with E-state index in [0.717, 1.165) is 37.8 Å². The quantitative estimate of drug-likeness (QED) is 0.690. The lowest BCUT2D eigenvalue weighted by molar-refractivity contribution is -0.892. The predicted octanol–water partition coefficient (Wildman–Crippen LogP) is -0.221. The molecule has 2 heterocycles. The molecule has 26 heavy (non-hydrogen) atoms. The summed E-state index contributed by atoms with van der Waals surface area (Å²) in [5.74, 6) is 0.609. The SMILES string of the molecule is CC(=O)Nc1ccc(NC(=O)C[NH+]2CCN(c3ncccn3)CC2)cc1. The third kappa shape index (κ3) is 5.00. The molecular formula is C18H23N6O2+. The van der Waals surface area contributed by atoms with Gasteiger partial charge in [0.25, 0.3) is 5.91 Å². The Balaban J connectivity index is 1.45. The Hall–Kier alpha value is -3.00. The number of anilines is 3. The molecule has 2 amide bonds. The zero-order valence-corrected chi connectivity index (χ0v) is 14.7. The topological polar surface area (TPSA) is 91.7 Å². The summed E-state index contributed by atoms with van der Waals surface area (Å²) in [6.45, 7) is 5.29. The number of hydrogen-bond donors (Lipinski definition) is 3. The lowest BCUT2D eigenvalue weighted by Crippen LogP contribution is -3.15. The van der Waals surface area contributed by atoms with Crippen molar-refractivity contribution in [3.05, 3.63) is 42.7 Å². The van der Waals surface area contributed by atoms with Gasteiger partial charge in [-0.2, -0.15) is 0 Å². The molecule has 136 valence electrons. The number of carbonyl (C=O) groups is 2. The van der Waals surface area contributed by atoms with E-state index in [1.54, 1.807) is 42.7 Å². The van der Waals surface area contributed by atoms with E-state index in [1.807, 2.05) is 0 Å². The fourth-order valence-corrected chi connectivity index (χ4v) is 2.93. The van der Waals surface area contributed by atoms with E-state index in [0.29, 0.717) is 12.2 Å². The lowest BCUT2D eigenvalue weighted by Gasteiger charge is -2.31. The Morgan fingerprint density at radius 2 is 1.62 bits per heavy atom. The molecule has 0 aliphatic carbocycles. The van der Waals surface area contributed by atoms with E-state index in [1.165, 1.54) is 11.8 Å². The summed E-state index contributed by atoms with van der Waals surface area (Å²) in [5, 5.41) is 5.60. The molecule has 1 aliphatic rings. The molecule has 0 radical (unpaired) electrons. The number of hydrogen-bond acceptors (Lipinski definition) is 5. The molecule has 1 aromatic carbocycles.